The van der Waals surface area contributed by atoms with E-state index in [9.17, 15) is 18.0 Å². The van der Waals surface area contributed by atoms with Crippen molar-refractivity contribution in [3.63, 3.8) is 0 Å². The number of aromatic nitrogens is 2. The molecular formula is C19H18N4O5S3. The van der Waals surface area contributed by atoms with Crippen molar-refractivity contribution in [3.05, 3.63) is 59.7 Å². The van der Waals surface area contributed by atoms with Gasteiger partial charge in [-0.25, -0.2) is 8.42 Å². The van der Waals surface area contributed by atoms with E-state index in [0.29, 0.717) is 15.6 Å². The molecule has 0 radical (unpaired) electrons. The van der Waals surface area contributed by atoms with E-state index in [1.54, 1.807) is 12.1 Å². The van der Waals surface area contributed by atoms with Gasteiger partial charge in [0.25, 0.3) is 15.9 Å². The van der Waals surface area contributed by atoms with Crippen molar-refractivity contribution < 1.29 is 22.7 Å². The minimum absolute atomic E-state index is 0.0963. The Morgan fingerprint density at radius 1 is 1.06 bits per heavy atom. The molecule has 162 valence electrons. The number of nitrogens with zero attached hydrogens (tertiary/aromatic N) is 2. The molecule has 0 aliphatic carbocycles. The fourth-order valence-corrected chi connectivity index (χ4v) is 4.93. The van der Waals surface area contributed by atoms with E-state index in [2.05, 4.69) is 25.0 Å². The first-order chi connectivity index (χ1) is 14.8. The lowest BCUT2D eigenvalue weighted by Gasteiger charge is -2.09. The second kappa shape index (κ2) is 9.90. The third-order valence-electron chi connectivity index (χ3n) is 3.90. The number of aryl methyl sites for hydroxylation is 1. The van der Waals surface area contributed by atoms with Crippen LogP contribution in [0, 0.1) is 6.92 Å². The quantitative estimate of drug-likeness (QED) is 0.287. The molecule has 0 fully saturated rings. The summed E-state index contributed by atoms with van der Waals surface area (Å²) in [4.78, 5) is 23.7. The second-order valence-corrected chi connectivity index (χ2v) is 10.1. The van der Waals surface area contributed by atoms with Crippen LogP contribution in [-0.4, -0.2) is 43.4 Å². The van der Waals surface area contributed by atoms with Crippen molar-refractivity contribution in [1.82, 2.24) is 10.2 Å². The fraction of sp³-hybridized carbons (Fsp3) is 0.158. The first-order valence-electron chi connectivity index (χ1n) is 8.81. The van der Waals surface area contributed by atoms with E-state index in [0.717, 1.165) is 28.7 Å². The molecule has 2 aromatic carbocycles. The Balaban J connectivity index is 1.61. The molecule has 1 amide bonds. The van der Waals surface area contributed by atoms with Gasteiger partial charge in [-0.3, -0.25) is 19.6 Å². The van der Waals surface area contributed by atoms with Gasteiger partial charge < -0.3 is 4.74 Å². The zero-order valence-electron chi connectivity index (χ0n) is 16.5. The summed E-state index contributed by atoms with van der Waals surface area (Å²) < 4.78 is 32.5. The summed E-state index contributed by atoms with van der Waals surface area (Å²) in [6, 6.07) is 12.5. The average molecular weight is 479 g/mol. The first kappa shape index (κ1) is 22.7. The van der Waals surface area contributed by atoms with Gasteiger partial charge in [-0.2, -0.15) is 0 Å². The molecule has 9 nitrogen and oxygen atoms in total. The highest BCUT2D eigenvalue weighted by molar-refractivity contribution is 8.01. The Bertz CT molecular complexity index is 1180. The Labute approximate surface area is 187 Å². The summed E-state index contributed by atoms with van der Waals surface area (Å²) in [6.07, 6.45) is 0. The first-order valence-corrected chi connectivity index (χ1v) is 12.1. The molecule has 0 saturated carbocycles. The van der Waals surface area contributed by atoms with E-state index in [4.69, 9.17) is 0 Å². The Morgan fingerprint density at radius 3 is 2.39 bits per heavy atom. The largest absolute Gasteiger partial charge is 0.468 e. The van der Waals surface area contributed by atoms with E-state index >= 15 is 0 Å². The number of carbonyl (C=O) groups is 2. The van der Waals surface area contributed by atoms with Crippen LogP contribution >= 0.6 is 23.1 Å². The molecule has 1 heterocycles. The van der Waals surface area contributed by atoms with Crippen molar-refractivity contribution in [2.75, 3.05) is 22.9 Å². The van der Waals surface area contributed by atoms with Crippen LogP contribution < -0.4 is 10.0 Å². The average Bonchev–Trinajstić information content (AvgIpc) is 3.19. The van der Waals surface area contributed by atoms with Crippen LogP contribution in [-0.2, 0) is 19.6 Å². The van der Waals surface area contributed by atoms with Gasteiger partial charge in [0.2, 0.25) is 5.13 Å². The van der Waals surface area contributed by atoms with Gasteiger partial charge in [0.05, 0.1) is 17.8 Å². The molecule has 31 heavy (non-hydrogen) atoms. The second-order valence-electron chi connectivity index (χ2n) is 6.19. The van der Waals surface area contributed by atoms with Gasteiger partial charge >= 0.3 is 5.97 Å². The third kappa shape index (κ3) is 6.26. The van der Waals surface area contributed by atoms with E-state index in [1.807, 2.05) is 6.92 Å². The molecule has 3 aromatic rings. The van der Waals surface area contributed by atoms with Crippen LogP contribution in [0.5, 0.6) is 0 Å². The highest BCUT2D eigenvalue weighted by atomic mass is 32.2. The van der Waals surface area contributed by atoms with Crippen molar-refractivity contribution in [2.24, 2.45) is 0 Å². The highest BCUT2D eigenvalue weighted by Crippen LogP contribution is 2.26. The van der Waals surface area contributed by atoms with E-state index < -0.39 is 15.9 Å². The number of esters is 1. The molecular weight excluding hydrogens is 460 g/mol. The maximum atomic E-state index is 12.5. The molecule has 0 spiro atoms. The maximum absolute atomic E-state index is 12.5. The topological polar surface area (TPSA) is 127 Å². The number of nitrogens with one attached hydrogen (secondary N) is 2. The summed E-state index contributed by atoms with van der Waals surface area (Å²) in [6.45, 7) is 1.87. The van der Waals surface area contributed by atoms with Gasteiger partial charge in [0, 0.05) is 11.3 Å². The number of sulfonamides is 1. The molecule has 3 rings (SSSR count). The van der Waals surface area contributed by atoms with Crippen LogP contribution in [0.25, 0.3) is 0 Å². The summed E-state index contributed by atoms with van der Waals surface area (Å²) in [5.41, 5.74) is 1.60. The molecule has 0 bridgehead atoms. The highest BCUT2D eigenvalue weighted by Gasteiger charge is 2.15. The minimum Gasteiger partial charge on any atom is -0.468 e. The molecule has 1 aromatic heterocycles. The van der Waals surface area contributed by atoms with Gasteiger partial charge in [-0.05, 0) is 43.3 Å². The predicted octanol–water partition coefficient (Wildman–Crippen LogP) is 3.16. The number of rotatable bonds is 8. The number of amides is 1. The maximum Gasteiger partial charge on any atom is 0.316 e. The zero-order chi connectivity index (χ0) is 22.4. The van der Waals surface area contributed by atoms with Gasteiger partial charge in [0.15, 0.2) is 4.34 Å². The number of thioether (sulfide) groups is 1. The van der Waals surface area contributed by atoms with Crippen molar-refractivity contribution in [3.8, 4) is 0 Å². The fourth-order valence-electron chi connectivity index (χ4n) is 2.29. The number of anilines is 2. The smallest absolute Gasteiger partial charge is 0.316 e. The van der Waals surface area contributed by atoms with Crippen molar-refractivity contribution in [1.29, 1.82) is 0 Å². The van der Waals surface area contributed by atoms with Gasteiger partial charge in [0.1, 0.15) is 0 Å². The van der Waals surface area contributed by atoms with Gasteiger partial charge in [-0.15, -0.1) is 10.2 Å². The summed E-state index contributed by atoms with van der Waals surface area (Å²) >= 11 is 2.28. The van der Waals surface area contributed by atoms with Crippen molar-refractivity contribution >= 4 is 55.8 Å². The number of hydrogen-bond acceptors (Lipinski definition) is 9. The van der Waals surface area contributed by atoms with Crippen LogP contribution in [0.15, 0.2) is 57.8 Å². The molecule has 0 unspecified atom stereocenters. The number of methoxy groups -OCH3 is 1. The lowest BCUT2D eigenvalue weighted by Crippen LogP contribution is -2.14. The predicted molar refractivity (Wildman–Crippen MR) is 119 cm³/mol. The monoisotopic (exact) mass is 478 g/mol. The van der Waals surface area contributed by atoms with Gasteiger partial charge in [-0.1, -0.05) is 40.8 Å². The Morgan fingerprint density at radius 2 is 1.74 bits per heavy atom. The SMILES string of the molecule is COC(=O)CSc1nnc(NC(=O)c2ccc(NS(=O)(=O)c3ccc(C)cc3)cc2)s1. The van der Waals surface area contributed by atoms with Crippen LogP contribution in [0.4, 0.5) is 10.8 Å². The summed E-state index contributed by atoms with van der Waals surface area (Å²) in [5, 5.41) is 10.6. The number of ether oxygens (including phenoxy) is 1. The molecule has 0 atom stereocenters. The minimum atomic E-state index is -3.73. The molecule has 0 aliphatic heterocycles. The number of hydrogen-bond donors (Lipinski definition) is 2. The van der Waals surface area contributed by atoms with Crippen molar-refractivity contribution in [2.45, 2.75) is 16.2 Å². The van der Waals surface area contributed by atoms with Crippen LogP contribution in [0.2, 0.25) is 0 Å². The zero-order valence-corrected chi connectivity index (χ0v) is 18.9. The third-order valence-corrected chi connectivity index (χ3v) is 7.24. The molecule has 0 saturated heterocycles. The normalized spacial score (nSPS) is 11.0. The van der Waals surface area contributed by atoms with Crippen LogP contribution in [0.1, 0.15) is 15.9 Å². The Hall–Kier alpha value is -2.96. The summed E-state index contributed by atoms with van der Waals surface area (Å²) in [7, 11) is -2.43. The molecule has 2 N–H and O–H groups in total. The molecule has 12 heteroatoms. The number of benzene rings is 2. The lowest BCUT2D eigenvalue weighted by atomic mass is 10.2. The summed E-state index contributed by atoms with van der Waals surface area (Å²) in [5.74, 6) is -0.712. The van der Waals surface area contributed by atoms with Crippen LogP contribution in [0.3, 0.4) is 0 Å². The Kier molecular flexibility index (Phi) is 7.25. The van der Waals surface area contributed by atoms with E-state index in [-0.39, 0.29) is 21.7 Å². The van der Waals surface area contributed by atoms with E-state index in [1.165, 1.54) is 43.5 Å². The number of carbonyl (C=O) groups excluding carboxylic acids is 2. The lowest BCUT2D eigenvalue weighted by molar-refractivity contribution is -0.137. The standard InChI is InChI=1S/C19H18N4O5S3/c1-12-3-9-15(10-4-12)31(26,27)23-14-7-5-13(6-8-14)17(25)20-18-21-22-19(30-18)29-11-16(24)28-2/h3-10,23H,11H2,1-2H3,(H,20,21,25). The molecule has 0 aliphatic rings.